The van der Waals surface area contributed by atoms with Crippen molar-refractivity contribution in [3.63, 3.8) is 0 Å². The molecule has 0 fully saturated rings. The molecule has 0 aliphatic rings. The molecule has 6 heteroatoms. The van der Waals surface area contributed by atoms with Crippen molar-refractivity contribution < 1.29 is 27.4 Å². The summed E-state index contributed by atoms with van der Waals surface area (Å²) in [6.07, 6.45) is 0. The summed E-state index contributed by atoms with van der Waals surface area (Å²) in [5.74, 6) is -6.08. The van der Waals surface area contributed by atoms with Gasteiger partial charge in [-0.15, -0.1) is 0 Å². The molecule has 0 unspecified atom stereocenters. The van der Waals surface area contributed by atoms with Gasteiger partial charge in [0.1, 0.15) is 11.3 Å². The predicted molar refractivity (Wildman–Crippen MR) is 68.9 cm³/mol. The lowest BCUT2D eigenvalue weighted by molar-refractivity contribution is 0.0727. The van der Waals surface area contributed by atoms with Crippen LogP contribution in [0.15, 0.2) is 36.4 Å². The van der Waals surface area contributed by atoms with E-state index >= 15 is 0 Å². The van der Waals surface area contributed by atoms with Crippen LogP contribution in [-0.2, 0) is 0 Å². The van der Waals surface area contributed by atoms with Gasteiger partial charge in [-0.25, -0.2) is 13.6 Å². The molecule has 0 aliphatic heterocycles. The fraction of sp³-hybridized carbons (Fsp3) is 0.133. The van der Waals surface area contributed by atoms with Crippen LogP contribution in [0.3, 0.4) is 0 Å². The maximum Gasteiger partial charge on any atom is 0.346 e. The van der Waals surface area contributed by atoms with Crippen molar-refractivity contribution in [1.29, 1.82) is 0 Å². The number of rotatable bonds is 4. The van der Waals surface area contributed by atoms with E-state index in [0.29, 0.717) is 6.07 Å². The molecule has 0 bridgehead atoms. The van der Waals surface area contributed by atoms with Gasteiger partial charge in [-0.1, -0.05) is 18.2 Å². The second kappa shape index (κ2) is 6.30. The average molecular weight is 296 g/mol. The number of carbonyl (C=O) groups is 1. The van der Waals surface area contributed by atoms with Crippen LogP contribution in [0.4, 0.5) is 13.2 Å². The number of hydrogen-bond donors (Lipinski definition) is 0. The maximum atomic E-state index is 14.0. The number of para-hydroxylation sites is 1. The van der Waals surface area contributed by atoms with Crippen LogP contribution < -0.4 is 9.47 Å². The van der Waals surface area contributed by atoms with Crippen LogP contribution >= 0.6 is 0 Å². The molecule has 0 aliphatic carbocycles. The van der Waals surface area contributed by atoms with Gasteiger partial charge in [0, 0.05) is 0 Å². The average Bonchev–Trinajstić information content (AvgIpc) is 2.48. The summed E-state index contributed by atoms with van der Waals surface area (Å²) in [6, 6.07) is 8.30. The molecule has 0 saturated heterocycles. The normalized spacial score (nSPS) is 10.3. The molecule has 0 spiro atoms. The number of benzene rings is 2. The highest BCUT2D eigenvalue weighted by Gasteiger charge is 2.25. The number of hydrogen-bond acceptors (Lipinski definition) is 3. The fourth-order valence-electron chi connectivity index (χ4n) is 1.65. The van der Waals surface area contributed by atoms with Gasteiger partial charge >= 0.3 is 5.97 Å². The van der Waals surface area contributed by atoms with Crippen molar-refractivity contribution in [1.82, 2.24) is 0 Å². The SMILES string of the molecule is CCOc1c(F)c(F)cc(C(=O)Oc2ccccc2)c1F. The summed E-state index contributed by atoms with van der Waals surface area (Å²) in [7, 11) is 0. The topological polar surface area (TPSA) is 35.5 Å². The van der Waals surface area contributed by atoms with Crippen molar-refractivity contribution >= 4 is 5.97 Å². The van der Waals surface area contributed by atoms with Crippen LogP contribution in [0.2, 0.25) is 0 Å². The maximum absolute atomic E-state index is 14.0. The molecule has 0 aromatic heterocycles. The van der Waals surface area contributed by atoms with E-state index in [1.54, 1.807) is 18.2 Å². The van der Waals surface area contributed by atoms with Gasteiger partial charge in [0.05, 0.1) is 6.61 Å². The summed E-state index contributed by atoms with van der Waals surface area (Å²) in [5, 5.41) is 0. The first-order valence-electron chi connectivity index (χ1n) is 6.12. The smallest absolute Gasteiger partial charge is 0.346 e. The van der Waals surface area contributed by atoms with Crippen molar-refractivity contribution in [3.05, 3.63) is 59.4 Å². The Hall–Kier alpha value is -2.50. The van der Waals surface area contributed by atoms with Crippen molar-refractivity contribution in [2.75, 3.05) is 6.61 Å². The molecule has 21 heavy (non-hydrogen) atoms. The highest BCUT2D eigenvalue weighted by Crippen LogP contribution is 2.28. The summed E-state index contributed by atoms with van der Waals surface area (Å²) in [4.78, 5) is 11.8. The quantitative estimate of drug-likeness (QED) is 0.490. The molecule has 2 aromatic rings. The molecule has 2 aromatic carbocycles. The Labute approximate surface area is 118 Å². The van der Waals surface area contributed by atoms with Crippen LogP contribution in [0.1, 0.15) is 17.3 Å². The van der Waals surface area contributed by atoms with Gasteiger partial charge in [-0.05, 0) is 25.1 Å². The van der Waals surface area contributed by atoms with Gasteiger partial charge in [0.2, 0.25) is 5.82 Å². The van der Waals surface area contributed by atoms with Crippen LogP contribution in [0.5, 0.6) is 11.5 Å². The van der Waals surface area contributed by atoms with E-state index in [9.17, 15) is 18.0 Å². The molecule has 2 rings (SSSR count). The number of halogens is 3. The lowest BCUT2D eigenvalue weighted by Gasteiger charge is -2.10. The first kappa shape index (κ1) is 14.9. The second-order valence-corrected chi connectivity index (χ2v) is 4.00. The van der Waals surface area contributed by atoms with E-state index in [1.165, 1.54) is 19.1 Å². The van der Waals surface area contributed by atoms with Gasteiger partial charge in [0.25, 0.3) is 0 Å². The third-order valence-corrected chi connectivity index (χ3v) is 2.58. The molecule has 0 radical (unpaired) electrons. The monoisotopic (exact) mass is 296 g/mol. The van der Waals surface area contributed by atoms with E-state index in [1.807, 2.05) is 0 Å². The zero-order valence-electron chi connectivity index (χ0n) is 11.0. The van der Waals surface area contributed by atoms with Crippen LogP contribution in [0, 0.1) is 17.5 Å². The zero-order chi connectivity index (χ0) is 15.4. The Bertz CT molecular complexity index is 657. The fourth-order valence-corrected chi connectivity index (χ4v) is 1.65. The zero-order valence-corrected chi connectivity index (χ0v) is 11.0. The Balaban J connectivity index is 2.37. The van der Waals surface area contributed by atoms with E-state index in [-0.39, 0.29) is 12.4 Å². The number of carbonyl (C=O) groups excluding carboxylic acids is 1. The summed E-state index contributed by atoms with van der Waals surface area (Å²) in [6.45, 7) is 1.40. The lowest BCUT2D eigenvalue weighted by atomic mass is 10.2. The molecule has 0 amide bonds. The number of ether oxygens (including phenoxy) is 2. The van der Waals surface area contributed by atoms with Crippen LogP contribution in [0.25, 0.3) is 0 Å². The van der Waals surface area contributed by atoms with Crippen molar-refractivity contribution in [2.45, 2.75) is 6.92 Å². The van der Waals surface area contributed by atoms with E-state index in [0.717, 1.165) is 0 Å². The van der Waals surface area contributed by atoms with Gasteiger partial charge < -0.3 is 9.47 Å². The summed E-state index contributed by atoms with van der Waals surface area (Å²) >= 11 is 0. The molecule has 0 atom stereocenters. The third kappa shape index (κ3) is 3.16. The van der Waals surface area contributed by atoms with Crippen molar-refractivity contribution in [3.8, 4) is 11.5 Å². The minimum atomic E-state index is -1.48. The Morgan fingerprint density at radius 2 is 1.76 bits per heavy atom. The first-order valence-corrected chi connectivity index (χ1v) is 6.12. The number of esters is 1. The lowest BCUT2D eigenvalue weighted by Crippen LogP contribution is -2.13. The Kier molecular flexibility index (Phi) is 4.47. The van der Waals surface area contributed by atoms with E-state index < -0.39 is 34.7 Å². The minimum Gasteiger partial charge on any atom is -0.488 e. The Morgan fingerprint density at radius 3 is 2.38 bits per heavy atom. The molecule has 0 heterocycles. The molecule has 3 nitrogen and oxygen atoms in total. The predicted octanol–water partition coefficient (Wildman–Crippen LogP) is 3.72. The molecular weight excluding hydrogens is 285 g/mol. The highest BCUT2D eigenvalue weighted by atomic mass is 19.2. The standard InChI is InChI=1S/C15H11F3O3/c1-2-20-14-12(17)10(8-11(16)13(14)18)15(19)21-9-6-4-3-5-7-9/h3-8H,2H2,1H3. The van der Waals surface area contributed by atoms with E-state index in [4.69, 9.17) is 9.47 Å². The highest BCUT2D eigenvalue weighted by molar-refractivity contribution is 5.92. The largest absolute Gasteiger partial charge is 0.488 e. The van der Waals surface area contributed by atoms with Gasteiger partial charge in [-0.3, -0.25) is 0 Å². The summed E-state index contributed by atoms with van der Waals surface area (Å²) < 4.78 is 50.4. The van der Waals surface area contributed by atoms with E-state index in [2.05, 4.69) is 0 Å². The molecular formula is C15H11F3O3. The molecule has 110 valence electrons. The molecule has 0 N–H and O–H groups in total. The van der Waals surface area contributed by atoms with Gasteiger partial charge in [-0.2, -0.15) is 4.39 Å². The second-order valence-electron chi connectivity index (χ2n) is 4.00. The van der Waals surface area contributed by atoms with Gasteiger partial charge in [0.15, 0.2) is 17.4 Å². The summed E-state index contributed by atoms with van der Waals surface area (Å²) in [5.41, 5.74) is -0.735. The molecule has 0 saturated carbocycles. The minimum absolute atomic E-state index is 0.0789. The first-order chi connectivity index (χ1) is 10.0. The van der Waals surface area contributed by atoms with Crippen LogP contribution in [-0.4, -0.2) is 12.6 Å². The van der Waals surface area contributed by atoms with Crippen molar-refractivity contribution in [2.24, 2.45) is 0 Å². The third-order valence-electron chi connectivity index (χ3n) is 2.58. The Morgan fingerprint density at radius 1 is 1.10 bits per heavy atom.